The molecule has 2 rings (SSSR count). The Hall–Kier alpha value is -1.35. The van der Waals surface area contributed by atoms with Crippen molar-refractivity contribution in [2.45, 2.75) is 45.7 Å². The standard InChI is InChI=1S/C15H22N2O/c1-10-5-4-6-14(12(10)3)15(18)17-8-7-13(16)9-11(17)2/h4-6,11,13H,7-9,16H2,1-3H3. The summed E-state index contributed by atoms with van der Waals surface area (Å²) in [6.45, 7) is 6.92. The van der Waals surface area contributed by atoms with Crippen molar-refractivity contribution in [1.29, 1.82) is 0 Å². The molecular weight excluding hydrogens is 224 g/mol. The Kier molecular flexibility index (Phi) is 3.71. The van der Waals surface area contributed by atoms with Crippen LogP contribution in [-0.2, 0) is 0 Å². The van der Waals surface area contributed by atoms with Crippen LogP contribution >= 0.6 is 0 Å². The van der Waals surface area contributed by atoms with Crippen LogP contribution in [0.15, 0.2) is 18.2 Å². The number of hydrogen-bond donors (Lipinski definition) is 1. The van der Waals surface area contributed by atoms with Gasteiger partial charge in [-0.3, -0.25) is 4.79 Å². The van der Waals surface area contributed by atoms with Gasteiger partial charge in [-0.25, -0.2) is 0 Å². The first-order valence-electron chi connectivity index (χ1n) is 6.63. The molecule has 1 aromatic rings. The minimum Gasteiger partial charge on any atom is -0.336 e. The van der Waals surface area contributed by atoms with Crippen molar-refractivity contribution in [2.24, 2.45) is 5.73 Å². The Balaban J connectivity index is 2.23. The fraction of sp³-hybridized carbons (Fsp3) is 0.533. The molecule has 18 heavy (non-hydrogen) atoms. The molecule has 98 valence electrons. The van der Waals surface area contributed by atoms with Gasteiger partial charge in [0.2, 0.25) is 0 Å². The first-order valence-corrected chi connectivity index (χ1v) is 6.63. The van der Waals surface area contributed by atoms with Gasteiger partial charge in [0.1, 0.15) is 0 Å². The molecule has 3 heteroatoms. The highest BCUT2D eigenvalue weighted by Gasteiger charge is 2.28. The molecule has 0 radical (unpaired) electrons. The van der Waals surface area contributed by atoms with Crippen molar-refractivity contribution >= 4 is 5.91 Å². The number of nitrogens with two attached hydrogens (primary N) is 1. The highest BCUT2D eigenvalue weighted by Crippen LogP contribution is 2.21. The summed E-state index contributed by atoms with van der Waals surface area (Å²) in [5.41, 5.74) is 9.03. The van der Waals surface area contributed by atoms with Crippen LogP contribution in [-0.4, -0.2) is 29.4 Å². The number of carbonyl (C=O) groups excluding carboxylic acids is 1. The Morgan fingerprint density at radius 1 is 1.39 bits per heavy atom. The van der Waals surface area contributed by atoms with Gasteiger partial charge in [0, 0.05) is 24.2 Å². The lowest BCUT2D eigenvalue weighted by Gasteiger charge is -2.36. The van der Waals surface area contributed by atoms with E-state index in [4.69, 9.17) is 5.73 Å². The zero-order valence-corrected chi connectivity index (χ0v) is 11.4. The smallest absolute Gasteiger partial charge is 0.254 e. The molecule has 1 amide bonds. The van der Waals surface area contributed by atoms with E-state index in [-0.39, 0.29) is 18.0 Å². The Morgan fingerprint density at radius 3 is 2.78 bits per heavy atom. The summed E-state index contributed by atoms with van der Waals surface area (Å²) in [5, 5.41) is 0. The monoisotopic (exact) mass is 246 g/mol. The van der Waals surface area contributed by atoms with E-state index >= 15 is 0 Å². The molecule has 1 aliphatic rings. The van der Waals surface area contributed by atoms with Crippen molar-refractivity contribution in [3.05, 3.63) is 34.9 Å². The maximum absolute atomic E-state index is 12.6. The van der Waals surface area contributed by atoms with Crippen molar-refractivity contribution in [1.82, 2.24) is 4.90 Å². The second kappa shape index (κ2) is 5.11. The predicted molar refractivity (Wildman–Crippen MR) is 73.6 cm³/mol. The number of carbonyl (C=O) groups is 1. The average Bonchev–Trinajstić information content (AvgIpc) is 2.32. The Bertz CT molecular complexity index is 456. The van der Waals surface area contributed by atoms with E-state index in [1.165, 1.54) is 5.56 Å². The van der Waals surface area contributed by atoms with Crippen molar-refractivity contribution < 1.29 is 4.79 Å². The molecule has 2 atom stereocenters. The lowest BCUT2D eigenvalue weighted by atomic mass is 9.96. The van der Waals surface area contributed by atoms with Gasteiger partial charge in [0.25, 0.3) is 5.91 Å². The molecule has 0 saturated carbocycles. The number of aryl methyl sites for hydroxylation is 1. The zero-order chi connectivity index (χ0) is 13.3. The zero-order valence-electron chi connectivity index (χ0n) is 11.4. The van der Waals surface area contributed by atoms with Crippen LogP contribution in [0.2, 0.25) is 0 Å². The van der Waals surface area contributed by atoms with Crippen molar-refractivity contribution in [3.63, 3.8) is 0 Å². The summed E-state index contributed by atoms with van der Waals surface area (Å²) < 4.78 is 0. The fourth-order valence-electron chi connectivity index (χ4n) is 2.65. The molecule has 1 saturated heterocycles. The van der Waals surface area contributed by atoms with E-state index in [0.717, 1.165) is 30.5 Å². The number of nitrogens with zero attached hydrogens (tertiary/aromatic N) is 1. The van der Waals surface area contributed by atoms with E-state index in [1.54, 1.807) is 0 Å². The van der Waals surface area contributed by atoms with E-state index in [0.29, 0.717) is 0 Å². The second-order valence-corrected chi connectivity index (χ2v) is 5.38. The van der Waals surface area contributed by atoms with Gasteiger partial charge in [-0.15, -0.1) is 0 Å². The van der Waals surface area contributed by atoms with E-state index in [1.807, 2.05) is 36.9 Å². The van der Waals surface area contributed by atoms with Crippen LogP contribution in [0.1, 0.15) is 41.3 Å². The Labute approximate surface area is 109 Å². The number of rotatable bonds is 1. The molecular formula is C15H22N2O. The molecule has 1 fully saturated rings. The molecule has 2 N–H and O–H groups in total. The molecule has 1 heterocycles. The summed E-state index contributed by atoms with van der Waals surface area (Å²) in [6.07, 6.45) is 1.80. The van der Waals surface area contributed by atoms with E-state index in [2.05, 4.69) is 6.92 Å². The average molecular weight is 246 g/mol. The van der Waals surface area contributed by atoms with Crippen LogP contribution in [0, 0.1) is 13.8 Å². The van der Waals surface area contributed by atoms with Gasteiger partial charge in [-0.1, -0.05) is 12.1 Å². The highest BCUT2D eigenvalue weighted by molar-refractivity contribution is 5.96. The van der Waals surface area contributed by atoms with Gasteiger partial charge < -0.3 is 10.6 Å². The van der Waals surface area contributed by atoms with Gasteiger partial charge in [0.05, 0.1) is 0 Å². The number of piperidine rings is 1. The third-order valence-corrected chi connectivity index (χ3v) is 4.01. The number of hydrogen-bond acceptors (Lipinski definition) is 2. The third-order valence-electron chi connectivity index (χ3n) is 4.01. The van der Waals surface area contributed by atoms with Crippen LogP contribution in [0.3, 0.4) is 0 Å². The minimum absolute atomic E-state index is 0.149. The lowest BCUT2D eigenvalue weighted by Crippen LogP contribution is -2.48. The van der Waals surface area contributed by atoms with Crippen molar-refractivity contribution in [2.75, 3.05) is 6.54 Å². The van der Waals surface area contributed by atoms with Gasteiger partial charge >= 0.3 is 0 Å². The topological polar surface area (TPSA) is 46.3 Å². The van der Waals surface area contributed by atoms with Crippen LogP contribution in [0.4, 0.5) is 0 Å². The Morgan fingerprint density at radius 2 is 2.11 bits per heavy atom. The molecule has 1 aliphatic heterocycles. The van der Waals surface area contributed by atoms with Gasteiger partial charge in [0.15, 0.2) is 0 Å². The normalized spacial score (nSPS) is 24.1. The fourth-order valence-corrected chi connectivity index (χ4v) is 2.65. The third kappa shape index (κ3) is 2.41. The summed E-state index contributed by atoms with van der Waals surface area (Å²) in [4.78, 5) is 14.5. The maximum atomic E-state index is 12.6. The molecule has 0 spiro atoms. The summed E-state index contributed by atoms with van der Waals surface area (Å²) in [7, 11) is 0. The predicted octanol–water partition coefficient (Wildman–Crippen LogP) is 2.26. The van der Waals surface area contributed by atoms with Crippen molar-refractivity contribution in [3.8, 4) is 0 Å². The van der Waals surface area contributed by atoms with Crippen LogP contribution in [0.25, 0.3) is 0 Å². The molecule has 2 unspecified atom stereocenters. The first-order chi connectivity index (χ1) is 8.50. The van der Waals surface area contributed by atoms with Gasteiger partial charge in [-0.05, 0) is 50.8 Å². The van der Waals surface area contributed by atoms with E-state index < -0.39 is 0 Å². The lowest BCUT2D eigenvalue weighted by molar-refractivity contribution is 0.0618. The number of likely N-dealkylation sites (tertiary alicyclic amines) is 1. The molecule has 0 bridgehead atoms. The summed E-state index contributed by atoms with van der Waals surface area (Å²) in [5.74, 6) is 0.149. The molecule has 0 aliphatic carbocycles. The first kappa shape index (κ1) is 13.1. The molecule has 3 nitrogen and oxygen atoms in total. The minimum atomic E-state index is 0.149. The molecule has 0 aromatic heterocycles. The van der Waals surface area contributed by atoms with E-state index in [9.17, 15) is 4.79 Å². The summed E-state index contributed by atoms with van der Waals surface area (Å²) in [6, 6.07) is 6.40. The highest BCUT2D eigenvalue weighted by atomic mass is 16.2. The molecule has 1 aromatic carbocycles. The maximum Gasteiger partial charge on any atom is 0.254 e. The summed E-state index contributed by atoms with van der Waals surface area (Å²) >= 11 is 0. The van der Waals surface area contributed by atoms with Crippen LogP contribution in [0.5, 0.6) is 0 Å². The second-order valence-electron chi connectivity index (χ2n) is 5.38. The number of amides is 1. The largest absolute Gasteiger partial charge is 0.336 e. The quantitative estimate of drug-likeness (QED) is 0.826. The number of benzene rings is 1. The van der Waals surface area contributed by atoms with Gasteiger partial charge in [-0.2, -0.15) is 0 Å². The van der Waals surface area contributed by atoms with Crippen LogP contribution < -0.4 is 5.73 Å². The SMILES string of the molecule is Cc1cccc(C(=O)N2CCC(N)CC2C)c1C.